The Labute approximate surface area is 155 Å². The van der Waals surface area contributed by atoms with Crippen molar-refractivity contribution < 1.29 is 28.2 Å². The molecule has 2 rings (SSSR count). The largest absolute Gasteiger partial charge is 0.478 e. The van der Waals surface area contributed by atoms with E-state index in [1.54, 1.807) is 12.1 Å². The lowest BCUT2D eigenvalue weighted by Crippen LogP contribution is -2.07. The van der Waals surface area contributed by atoms with E-state index >= 15 is 0 Å². The molecule has 0 spiro atoms. The molecule has 0 aliphatic heterocycles. The normalized spacial score (nSPS) is 11.0. The first kappa shape index (κ1) is 20.1. The van der Waals surface area contributed by atoms with E-state index in [0.29, 0.717) is 11.3 Å². The van der Waals surface area contributed by atoms with Crippen LogP contribution in [-0.4, -0.2) is 25.0 Å². The quantitative estimate of drug-likeness (QED) is 0.538. The highest BCUT2D eigenvalue weighted by molar-refractivity contribution is 6.31. The maximum absolute atomic E-state index is 14.3. The molecule has 0 saturated carbocycles. The molecule has 0 amide bonds. The molecule has 140 valence electrons. The molecule has 2 aromatic carbocycles. The van der Waals surface area contributed by atoms with Crippen LogP contribution in [0.4, 0.5) is 8.78 Å². The van der Waals surface area contributed by atoms with Gasteiger partial charge in [0.2, 0.25) is 0 Å². The summed E-state index contributed by atoms with van der Waals surface area (Å²) in [6.45, 7) is 4.06. The van der Waals surface area contributed by atoms with Gasteiger partial charge in [-0.2, -0.15) is 0 Å². The fourth-order valence-corrected chi connectivity index (χ4v) is 2.83. The second kappa shape index (κ2) is 8.47. The van der Waals surface area contributed by atoms with Crippen LogP contribution in [0.3, 0.4) is 0 Å². The summed E-state index contributed by atoms with van der Waals surface area (Å²) in [6.07, 6.45) is 0.0196. The van der Waals surface area contributed by atoms with E-state index in [-0.39, 0.29) is 29.7 Å². The van der Waals surface area contributed by atoms with Crippen LogP contribution in [-0.2, 0) is 11.2 Å². The average Bonchev–Trinajstić information content (AvgIpc) is 2.60. The van der Waals surface area contributed by atoms with Crippen LogP contribution in [0.2, 0.25) is 5.02 Å². The fraction of sp³-hybridized carbons (Fsp3) is 0.316. The van der Waals surface area contributed by atoms with Crippen LogP contribution >= 0.6 is 11.6 Å². The second-order valence-corrected chi connectivity index (χ2v) is 6.48. The standard InChI is InChI=1S/C19H19ClF2O4/c1-10(2)12-6-11(4-5-16(12)26-9-25-3)7-13-15(20)8-14(19(23)24)18(22)17(13)21/h4-6,8,10H,7,9H2,1-3H3,(H,23,24). The van der Waals surface area contributed by atoms with E-state index in [0.717, 1.165) is 11.6 Å². The highest BCUT2D eigenvalue weighted by Gasteiger charge is 2.22. The van der Waals surface area contributed by atoms with Gasteiger partial charge in [-0.05, 0) is 29.2 Å². The van der Waals surface area contributed by atoms with Crippen molar-refractivity contribution in [2.75, 3.05) is 13.9 Å². The van der Waals surface area contributed by atoms with E-state index in [4.69, 9.17) is 26.2 Å². The Hall–Kier alpha value is -2.18. The topological polar surface area (TPSA) is 55.8 Å². The molecule has 2 aromatic rings. The second-order valence-electron chi connectivity index (χ2n) is 6.07. The molecule has 0 atom stereocenters. The summed E-state index contributed by atoms with van der Waals surface area (Å²) in [5.74, 6) is -3.46. The summed E-state index contributed by atoms with van der Waals surface area (Å²) in [4.78, 5) is 10.9. The first-order chi connectivity index (χ1) is 12.3. The van der Waals surface area contributed by atoms with Crippen molar-refractivity contribution in [2.45, 2.75) is 26.2 Å². The van der Waals surface area contributed by atoms with Crippen molar-refractivity contribution in [3.63, 3.8) is 0 Å². The lowest BCUT2D eigenvalue weighted by Gasteiger charge is -2.16. The van der Waals surface area contributed by atoms with Crippen LogP contribution < -0.4 is 4.74 Å². The van der Waals surface area contributed by atoms with E-state index in [9.17, 15) is 13.6 Å². The smallest absolute Gasteiger partial charge is 0.338 e. The number of rotatable bonds is 7. The Balaban J connectivity index is 2.41. The van der Waals surface area contributed by atoms with Crippen molar-refractivity contribution in [3.05, 3.63) is 63.2 Å². The van der Waals surface area contributed by atoms with Gasteiger partial charge in [-0.15, -0.1) is 0 Å². The van der Waals surface area contributed by atoms with Gasteiger partial charge in [0.05, 0.1) is 5.56 Å². The molecule has 0 unspecified atom stereocenters. The van der Waals surface area contributed by atoms with Crippen molar-refractivity contribution >= 4 is 17.6 Å². The molecule has 0 aliphatic carbocycles. The number of carbonyl (C=O) groups is 1. The minimum atomic E-state index is -1.57. The first-order valence-electron chi connectivity index (χ1n) is 7.90. The van der Waals surface area contributed by atoms with Gasteiger partial charge in [-0.3, -0.25) is 0 Å². The number of carboxylic acid groups (broad SMARTS) is 1. The van der Waals surface area contributed by atoms with E-state index in [2.05, 4.69) is 0 Å². The van der Waals surface area contributed by atoms with Crippen molar-refractivity contribution in [1.82, 2.24) is 0 Å². The Morgan fingerprint density at radius 3 is 2.50 bits per heavy atom. The van der Waals surface area contributed by atoms with Crippen LogP contribution in [0.1, 0.15) is 46.8 Å². The third kappa shape index (κ3) is 4.31. The van der Waals surface area contributed by atoms with Crippen molar-refractivity contribution in [2.24, 2.45) is 0 Å². The highest BCUT2D eigenvalue weighted by Crippen LogP contribution is 2.31. The van der Waals surface area contributed by atoms with Gasteiger partial charge in [0, 0.05) is 24.1 Å². The Morgan fingerprint density at radius 2 is 1.92 bits per heavy atom. The number of methoxy groups -OCH3 is 1. The molecule has 0 fully saturated rings. The molecule has 7 heteroatoms. The molecule has 0 heterocycles. The van der Waals surface area contributed by atoms with Gasteiger partial charge in [0.1, 0.15) is 5.75 Å². The summed E-state index contributed by atoms with van der Waals surface area (Å²) >= 11 is 5.99. The summed E-state index contributed by atoms with van der Waals surface area (Å²) in [6, 6.07) is 6.21. The fourth-order valence-electron chi connectivity index (χ4n) is 2.57. The number of halogens is 3. The van der Waals surface area contributed by atoms with Crippen LogP contribution in [0, 0.1) is 11.6 Å². The number of hydrogen-bond donors (Lipinski definition) is 1. The Morgan fingerprint density at radius 1 is 1.23 bits per heavy atom. The van der Waals surface area contributed by atoms with Crippen molar-refractivity contribution in [1.29, 1.82) is 0 Å². The third-order valence-corrected chi connectivity index (χ3v) is 4.23. The molecule has 1 N–H and O–H groups in total. The number of ether oxygens (including phenoxy) is 2. The predicted octanol–water partition coefficient (Wildman–Crippen LogP) is 5.01. The number of benzene rings is 2. The minimum absolute atomic E-state index is 0.0196. The van der Waals surface area contributed by atoms with Gasteiger partial charge in [-0.1, -0.05) is 37.6 Å². The molecule has 0 aromatic heterocycles. The molecule has 0 saturated heterocycles. The van der Waals surface area contributed by atoms with Gasteiger partial charge < -0.3 is 14.6 Å². The third-order valence-electron chi connectivity index (χ3n) is 3.89. The summed E-state index contributed by atoms with van der Waals surface area (Å²) in [7, 11) is 1.52. The maximum Gasteiger partial charge on any atom is 0.338 e. The number of carboxylic acids is 1. The Bertz CT molecular complexity index is 822. The molecule has 26 heavy (non-hydrogen) atoms. The monoisotopic (exact) mass is 384 g/mol. The van der Waals surface area contributed by atoms with Crippen LogP contribution in [0.15, 0.2) is 24.3 Å². The molecule has 0 radical (unpaired) electrons. The summed E-state index contributed by atoms with van der Waals surface area (Å²) < 4.78 is 38.7. The Kier molecular flexibility index (Phi) is 6.56. The number of hydrogen-bond acceptors (Lipinski definition) is 3. The first-order valence-corrected chi connectivity index (χ1v) is 8.28. The molecule has 0 bridgehead atoms. The molecule has 4 nitrogen and oxygen atoms in total. The van der Waals surface area contributed by atoms with E-state index < -0.39 is 23.2 Å². The zero-order chi connectivity index (χ0) is 19.4. The van der Waals surface area contributed by atoms with Crippen LogP contribution in [0.25, 0.3) is 0 Å². The summed E-state index contributed by atoms with van der Waals surface area (Å²) in [5, 5.41) is 8.77. The van der Waals surface area contributed by atoms with Gasteiger partial charge in [-0.25, -0.2) is 13.6 Å². The van der Waals surface area contributed by atoms with E-state index in [1.807, 2.05) is 19.9 Å². The van der Waals surface area contributed by atoms with Crippen molar-refractivity contribution in [3.8, 4) is 5.75 Å². The van der Waals surface area contributed by atoms with E-state index in [1.165, 1.54) is 7.11 Å². The van der Waals surface area contributed by atoms with Crippen LogP contribution in [0.5, 0.6) is 5.75 Å². The lowest BCUT2D eigenvalue weighted by atomic mass is 9.96. The number of aromatic carboxylic acids is 1. The molecule has 0 aliphatic rings. The molecular formula is C19H19ClF2O4. The zero-order valence-electron chi connectivity index (χ0n) is 14.6. The molecular weight excluding hydrogens is 366 g/mol. The van der Waals surface area contributed by atoms with Gasteiger partial charge in [0.25, 0.3) is 0 Å². The summed E-state index contributed by atoms with van der Waals surface area (Å²) in [5.41, 5.74) is 0.706. The van der Waals surface area contributed by atoms with Gasteiger partial charge in [0.15, 0.2) is 18.4 Å². The highest BCUT2D eigenvalue weighted by atomic mass is 35.5. The average molecular weight is 385 g/mol. The maximum atomic E-state index is 14.3. The minimum Gasteiger partial charge on any atom is -0.478 e. The predicted molar refractivity (Wildman–Crippen MR) is 94.2 cm³/mol. The zero-order valence-corrected chi connectivity index (χ0v) is 15.4. The lowest BCUT2D eigenvalue weighted by molar-refractivity contribution is 0.0502. The SMILES string of the molecule is COCOc1ccc(Cc2c(Cl)cc(C(=O)O)c(F)c2F)cc1C(C)C. The van der Waals surface area contributed by atoms with Gasteiger partial charge >= 0.3 is 5.97 Å².